The number of carbonyl (C=O) groups is 2. The van der Waals surface area contributed by atoms with Gasteiger partial charge in [-0.25, -0.2) is 4.79 Å². The molecule has 0 bridgehead atoms. The first-order valence-corrected chi connectivity index (χ1v) is 8.42. The largest absolute Gasteiger partial charge is 0.478 e. The fourth-order valence-corrected chi connectivity index (χ4v) is 3.05. The smallest absolute Gasteiger partial charge is 0.328 e. The Morgan fingerprint density at radius 1 is 1.17 bits per heavy atom. The fourth-order valence-electron chi connectivity index (χ4n) is 3.05. The summed E-state index contributed by atoms with van der Waals surface area (Å²) in [5.74, 6) is 0.0328. The van der Waals surface area contributed by atoms with Gasteiger partial charge in [0.15, 0.2) is 0 Å². The Bertz CT molecular complexity index is 593. The number of benzene rings is 1. The Morgan fingerprint density at radius 3 is 2.42 bits per heavy atom. The van der Waals surface area contributed by atoms with E-state index in [1.807, 2.05) is 6.08 Å². The molecule has 1 aliphatic rings. The van der Waals surface area contributed by atoms with Gasteiger partial charge in [-0.05, 0) is 68.2 Å². The standard InChI is InChI=1S/C20H24O4/c1-2-3-4-15-5-10-17(11-6-15)20(23)24-18-12-7-16(8-13-18)9-14-19(21)22/h2,7-9,12-15,17H,1,3-6,10-11H2,(H,21,22). The molecule has 4 heteroatoms. The van der Waals surface area contributed by atoms with E-state index in [0.29, 0.717) is 11.7 Å². The number of aliphatic carboxylic acids is 1. The zero-order chi connectivity index (χ0) is 17.4. The molecule has 24 heavy (non-hydrogen) atoms. The summed E-state index contributed by atoms with van der Waals surface area (Å²) in [7, 11) is 0. The average Bonchev–Trinajstić information content (AvgIpc) is 2.59. The van der Waals surface area contributed by atoms with Crippen LogP contribution in [-0.2, 0) is 9.59 Å². The minimum absolute atomic E-state index is 0.0171. The quantitative estimate of drug-likeness (QED) is 0.347. The molecular formula is C20H24O4. The number of hydrogen-bond acceptors (Lipinski definition) is 3. The van der Waals surface area contributed by atoms with Crippen LogP contribution in [0.15, 0.2) is 43.0 Å². The molecule has 0 aromatic heterocycles. The maximum atomic E-state index is 12.3. The van der Waals surface area contributed by atoms with E-state index in [2.05, 4.69) is 6.58 Å². The van der Waals surface area contributed by atoms with E-state index in [1.54, 1.807) is 24.3 Å². The molecule has 0 unspecified atom stereocenters. The maximum absolute atomic E-state index is 12.3. The average molecular weight is 328 g/mol. The van der Waals surface area contributed by atoms with Crippen molar-refractivity contribution in [2.24, 2.45) is 11.8 Å². The SMILES string of the molecule is C=CCCC1CCC(C(=O)Oc2ccc(C=CC(=O)O)cc2)CC1. The van der Waals surface area contributed by atoms with Crippen LogP contribution in [0.3, 0.4) is 0 Å². The highest BCUT2D eigenvalue weighted by Gasteiger charge is 2.27. The van der Waals surface area contributed by atoms with Gasteiger partial charge in [0.05, 0.1) is 5.92 Å². The summed E-state index contributed by atoms with van der Waals surface area (Å²) in [5, 5.41) is 8.60. The minimum atomic E-state index is -0.991. The molecule has 0 heterocycles. The van der Waals surface area contributed by atoms with Gasteiger partial charge in [-0.2, -0.15) is 0 Å². The van der Waals surface area contributed by atoms with Crippen molar-refractivity contribution in [3.8, 4) is 5.75 Å². The van der Waals surface area contributed by atoms with Crippen molar-refractivity contribution in [2.75, 3.05) is 0 Å². The third-order valence-electron chi connectivity index (χ3n) is 4.48. The Kier molecular flexibility index (Phi) is 6.79. The third kappa shape index (κ3) is 5.69. The molecule has 1 aromatic carbocycles. The third-order valence-corrected chi connectivity index (χ3v) is 4.48. The van der Waals surface area contributed by atoms with Crippen molar-refractivity contribution in [1.82, 2.24) is 0 Å². The number of ether oxygens (including phenoxy) is 1. The molecule has 128 valence electrons. The predicted octanol–water partition coefficient (Wildman–Crippen LogP) is 4.46. The molecule has 1 aromatic rings. The summed E-state index contributed by atoms with van der Waals surface area (Å²) in [6.07, 6.45) is 10.7. The number of carboxylic acid groups (broad SMARTS) is 1. The van der Waals surface area contributed by atoms with Crippen LogP contribution in [0.5, 0.6) is 5.75 Å². The lowest BCUT2D eigenvalue weighted by atomic mass is 9.80. The molecule has 0 radical (unpaired) electrons. The lowest BCUT2D eigenvalue weighted by Gasteiger charge is -2.26. The van der Waals surface area contributed by atoms with Crippen molar-refractivity contribution in [3.63, 3.8) is 0 Å². The minimum Gasteiger partial charge on any atom is -0.478 e. The first-order valence-electron chi connectivity index (χ1n) is 8.42. The highest BCUT2D eigenvalue weighted by molar-refractivity contribution is 5.85. The van der Waals surface area contributed by atoms with E-state index in [9.17, 15) is 9.59 Å². The molecule has 0 atom stereocenters. The normalized spacial score (nSPS) is 20.7. The van der Waals surface area contributed by atoms with E-state index >= 15 is 0 Å². The number of allylic oxidation sites excluding steroid dienone is 1. The fraction of sp³-hybridized carbons (Fsp3) is 0.400. The second-order valence-corrected chi connectivity index (χ2v) is 6.25. The van der Waals surface area contributed by atoms with Gasteiger partial charge >= 0.3 is 11.9 Å². The molecule has 1 N–H and O–H groups in total. The van der Waals surface area contributed by atoms with E-state index < -0.39 is 5.97 Å². The summed E-state index contributed by atoms with van der Waals surface area (Å²) >= 11 is 0. The van der Waals surface area contributed by atoms with Crippen LogP contribution >= 0.6 is 0 Å². The highest BCUT2D eigenvalue weighted by Crippen LogP contribution is 2.32. The molecular weight excluding hydrogens is 304 g/mol. The van der Waals surface area contributed by atoms with Crippen LogP contribution in [0.25, 0.3) is 6.08 Å². The summed E-state index contributed by atoms with van der Waals surface area (Å²) in [6, 6.07) is 6.84. The van der Waals surface area contributed by atoms with Crippen molar-refractivity contribution in [3.05, 3.63) is 48.6 Å². The molecule has 1 saturated carbocycles. The maximum Gasteiger partial charge on any atom is 0.328 e. The molecule has 1 aliphatic carbocycles. The summed E-state index contributed by atoms with van der Waals surface area (Å²) in [6.45, 7) is 3.75. The summed E-state index contributed by atoms with van der Waals surface area (Å²) in [5.41, 5.74) is 0.750. The van der Waals surface area contributed by atoms with E-state index in [0.717, 1.165) is 50.2 Å². The van der Waals surface area contributed by atoms with Crippen LogP contribution in [0.4, 0.5) is 0 Å². The predicted molar refractivity (Wildman–Crippen MR) is 93.6 cm³/mol. The molecule has 4 nitrogen and oxygen atoms in total. The molecule has 0 saturated heterocycles. The molecule has 2 rings (SSSR count). The first kappa shape index (κ1) is 18.0. The van der Waals surface area contributed by atoms with Gasteiger partial charge in [0, 0.05) is 6.08 Å². The van der Waals surface area contributed by atoms with Crippen LogP contribution < -0.4 is 4.74 Å². The van der Waals surface area contributed by atoms with E-state index in [-0.39, 0.29) is 11.9 Å². The Labute approximate surface area is 142 Å². The van der Waals surface area contributed by atoms with Gasteiger partial charge in [-0.1, -0.05) is 18.2 Å². The number of esters is 1. The van der Waals surface area contributed by atoms with Crippen LogP contribution in [0.1, 0.15) is 44.1 Å². The number of hydrogen-bond donors (Lipinski definition) is 1. The second-order valence-electron chi connectivity index (χ2n) is 6.25. The Morgan fingerprint density at radius 2 is 1.83 bits per heavy atom. The zero-order valence-corrected chi connectivity index (χ0v) is 13.8. The van der Waals surface area contributed by atoms with Gasteiger partial charge in [0.25, 0.3) is 0 Å². The Balaban J connectivity index is 1.82. The van der Waals surface area contributed by atoms with Crippen LogP contribution in [0.2, 0.25) is 0 Å². The van der Waals surface area contributed by atoms with Crippen LogP contribution in [0, 0.1) is 11.8 Å². The molecule has 0 spiro atoms. The van der Waals surface area contributed by atoms with Crippen molar-refractivity contribution in [2.45, 2.75) is 38.5 Å². The number of rotatable bonds is 7. The van der Waals surface area contributed by atoms with Gasteiger partial charge in [0.1, 0.15) is 5.75 Å². The number of carboxylic acids is 1. The van der Waals surface area contributed by atoms with Gasteiger partial charge in [-0.15, -0.1) is 6.58 Å². The molecule has 0 aliphatic heterocycles. The zero-order valence-electron chi connectivity index (χ0n) is 13.8. The number of carbonyl (C=O) groups excluding carboxylic acids is 1. The van der Waals surface area contributed by atoms with E-state index in [4.69, 9.17) is 9.84 Å². The van der Waals surface area contributed by atoms with E-state index in [1.165, 1.54) is 6.08 Å². The van der Waals surface area contributed by atoms with Crippen molar-refractivity contribution < 1.29 is 19.4 Å². The lowest BCUT2D eigenvalue weighted by Crippen LogP contribution is -2.25. The van der Waals surface area contributed by atoms with Gasteiger partial charge in [-0.3, -0.25) is 4.79 Å². The monoisotopic (exact) mass is 328 g/mol. The highest BCUT2D eigenvalue weighted by atomic mass is 16.5. The summed E-state index contributed by atoms with van der Waals surface area (Å²) < 4.78 is 5.46. The topological polar surface area (TPSA) is 63.6 Å². The summed E-state index contributed by atoms with van der Waals surface area (Å²) in [4.78, 5) is 22.7. The van der Waals surface area contributed by atoms with Crippen molar-refractivity contribution >= 4 is 18.0 Å². The van der Waals surface area contributed by atoms with Gasteiger partial charge in [0.2, 0.25) is 0 Å². The van der Waals surface area contributed by atoms with Gasteiger partial charge < -0.3 is 9.84 Å². The lowest BCUT2D eigenvalue weighted by molar-refractivity contribution is -0.140. The second kappa shape index (κ2) is 9.06. The Hall–Kier alpha value is -2.36. The van der Waals surface area contributed by atoms with Crippen LogP contribution in [-0.4, -0.2) is 17.0 Å². The first-order chi connectivity index (χ1) is 11.6. The molecule has 1 fully saturated rings. The molecule has 0 amide bonds. The van der Waals surface area contributed by atoms with Crippen molar-refractivity contribution in [1.29, 1.82) is 0 Å².